The average molecular weight is 564 g/mol. The summed E-state index contributed by atoms with van der Waals surface area (Å²) in [7, 11) is 0. The number of nitriles is 2. The van der Waals surface area contributed by atoms with Crippen LogP contribution in [0, 0.1) is 34.4 Å². The highest BCUT2D eigenvalue weighted by Crippen LogP contribution is 2.32. The van der Waals surface area contributed by atoms with Crippen LogP contribution in [0.3, 0.4) is 0 Å². The van der Waals surface area contributed by atoms with E-state index in [-0.39, 0.29) is 29.6 Å². The highest BCUT2D eigenvalue weighted by Gasteiger charge is 2.31. The molecule has 1 aliphatic carbocycles. The molecule has 1 amide bonds. The molecule has 4 aromatic rings. The molecular formula is C31H26FN7O3. The summed E-state index contributed by atoms with van der Waals surface area (Å²) in [5.41, 5.74) is 1.35. The van der Waals surface area contributed by atoms with Gasteiger partial charge in [-0.2, -0.15) is 15.6 Å². The van der Waals surface area contributed by atoms with Crippen molar-refractivity contribution in [3.63, 3.8) is 0 Å². The van der Waals surface area contributed by atoms with Gasteiger partial charge in [-0.05, 0) is 48.0 Å². The number of aromatic nitrogens is 3. The van der Waals surface area contributed by atoms with Gasteiger partial charge >= 0.3 is 0 Å². The lowest BCUT2D eigenvalue weighted by molar-refractivity contribution is 0.0741. The molecule has 0 bridgehead atoms. The maximum atomic E-state index is 14.9. The number of ether oxygens (including phenoxy) is 1. The Morgan fingerprint density at radius 3 is 2.57 bits per heavy atom. The summed E-state index contributed by atoms with van der Waals surface area (Å²) in [6, 6.07) is 17.4. The smallest absolute Gasteiger partial charge is 0.272 e. The molecule has 0 spiro atoms. The molecule has 1 saturated carbocycles. The van der Waals surface area contributed by atoms with Gasteiger partial charge in [-0.25, -0.2) is 14.5 Å². The van der Waals surface area contributed by atoms with Gasteiger partial charge in [0.15, 0.2) is 0 Å². The second kappa shape index (κ2) is 11.3. The number of amides is 1. The number of carbonyl (C=O) groups is 1. The Balaban J connectivity index is 1.18. The van der Waals surface area contributed by atoms with E-state index in [4.69, 9.17) is 15.3 Å². The summed E-state index contributed by atoms with van der Waals surface area (Å²) in [6.07, 6.45) is 3.07. The van der Waals surface area contributed by atoms with Gasteiger partial charge in [-0.15, -0.1) is 0 Å². The molecule has 1 saturated heterocycles. The van der Waals surface area contributed by atoms with Crippen LogP contribution in [0.4, 0.5) is 10.2 Å². The van der Waals surface area contributed by atoms with Crippen molar-refractivity contribution in [1.82, 2.24) is 20.1 Å². The first-order valence-corrected chi connectivity index (χ1v) is 13.7. The SMILES string of the molecule is N#Cc1ccc(N2CCN(C(=O)c3cc(Cc4n[nH]c(=O)c5ccc(OC6CC(C#N)C6)cc45)ccc3F)CC2)nc1. The number of halogens is 1. The predicted molar refractivity (Wildman–Crippen MR) is 151 cm³/mol. The number of nitrogens with zero attached hydrogens (tertiary/aromatic N) is 6. The molecule has 3 heterocycles. The molecule has 11 heteroatoms. The van der Waals surface area contributed by atoms with Gasteiger partial charge in [-0.1, -0.05) is 6.07 Å². The van der Waals surface area contributed by atoms with E-state index in [2.05, 4.69) is 21.3 Å². The Hall–Kier alpha value is -5.29. The van der Waals surface area contributed by atoms with Crippen molar-refractivity contribution in [3.05, 3.63) is 93.3 Å². The Kier molecular flexibility index (Phi) is 7.24. The van der Waals surface area contributed by atoms with E-state index in [0.29, 0.717) is 72.4 Å². The fourth-order valence-corrected chi connectivity index (χ4v) is 5.35. The zero-order chi connectivity index (χ0) is 29.2. The summed E-state index contributed by atoms with van der Waals surface area (Å²) in [4.78, 5) is 33.8. The first-order valence-electron chi connectivity index (χ1n) is 13.7. The number of carbonyl (C=O) groups excluding carboxylic acids is 1. The van der Waals surface area contributed by atoms with Gasteiger partial charge in [0.1, 0.15) is 29.6 Å². The first kappa shape index (κ1) is 26.9. The predicted octanol–water partition coefficient (Wildman–Crippen LogP) is 3.56. The molecule has 6 rings (SSSR count). The molecular weight excluding hydrogens is 537 g/mol. The molecule has 10 nitrogen and oxygen atoms in total. The number of benzene rings is 2. The molecule has 0 unspecified atom stereocenters. The van der Waals surface area contributed by atoms with E-state index in [0.717, 1.165) is 5.82 Å². The minimum atomic E-state index is -0.605. The number of hydrogen-bond acceptors (Lipinski definition) is 8. The molecule has 1 N–H and O–H groups in total. The number of H-pyrrole nitrogens is 1. The van der Waals surface area contributed by atoms with Crippen LogP contribution in [0.2, 0.25) is 0 Å². The van der Waals surface area contributed by atoms with Gasteiger partial charge in [0, 0.05) is 57.0 Å². The summed E-state index contributed by atoms with van der Waals surface area (Å²) < 4.78 is 20.9. The number of anilines is 1. The van der Waals surface area contributed by atoms with Gasteiger partial charge in [0.25, 0.3) is 11.5 Å². The highest BCUT2D eigenvalue weighted by atomic mass is 19.1. The number of piperazine rings is 1. The van der Waals surface area contributed by atoms with Crippen molar-refractivity contribution >= 4 is 22.5 Å². The van der Waals surface area contributed by atoms with Crippen LogP contribution in [0.15, 0.2) is 59.5 Å². The van der Waals surface area contributed by atoms with E-state index in [1.807, 2.05) is 11.0 Å². The zero-order valence-electron chi connectivity index (χ0n) is 22.6. The van der Waals surface area contributed by atoms with E-state index in [9.17, 15) is 14.0 Å². The number of fused-ring (bicyclic) bond motifs is 1. The van der Waals surface area contributed by atoms with Crippen molar-refractivity contribution in [1.29, 1.82) is 10.5 Å². The maximum Gasteiger partial charge on any atom is 0.272 e. The number of nitrogens with one attached hydrogen (secondary N) is 1. The summed E-state index contributed by atoms with van der Waals surface area (Å²) in [6.45, 7) is 1.85. The number of hydrogen-bond donors (Lipinski definition) is 1. The summed E-state index contributed by atoms with van der Waals surface area (Å²) >= 11 is 0. The minimum Gasteiger partial charge on any atom is -0.490 e. The zero-order valence-corrected chi connectivity index (χ0v) is 22.6. The molecule has 2 aliphatic rings. The fourth-order valence-electron chi connectivity index (χ4n) is 5.35. The van der Waals surface area contributed by atoms with E-state index in [1.54, 1.807) is 47.4 Å². The molecule has 1 aliphatic heterocycles. The normalized spacial score (nSPS) is 18.2. The van der Waals surface area contributed by atoms with E-state index >= 15 is 0 Å². The quantitative estimate of drug-likeness (QED) is 0.376. The lowest BCUT2D eigenvalue weighted by Gasteiger charge is -2.35. The Morgan fingerprint density at radius 1 is 1.05 bits per heavy atom. The summed E-state index contributed by atoms with van der Waals surface area (Å²) in [5.74, 6) is 0.318. The highest BCUT2D eigenvalue weighted by molar-refractivity contribution is 5.95. The van der Waals surface area contributed by atoms with Crippen LogP contribution in [-0.4, -0.2) is 58.3 Å². The monoisotopic (exact) mass is 563 g/mol. The molecule has 2 aromatic heterocycles. The van der Waals surface area contributed by atoms with Gasteiger partial charge in [0.05, 0.1) is 34.2 Å². The van der Waals surface area contributed by atoms with Crippen LogP contribution >= 0.6 is 0 Å². The summed E-state index contributed by atoms with van der Waals surface area (Å²) in [5, 5.41) is 25.8. The standard InChI is InChI=1S/C31H26FN7O3/c32-27-5-1-19(13-26(27)31(41)39-9-7-38(8-10-39)29-6-2-20(16-33)18-35-29)14-28-25-15-22(42-23-11-21(12-23)17-34)3-4-24(25)30(40)37-36-28/h1-6,13,15,18,21,23H,7-12,14H2,(H,37,40). The average Bonchev–Trinajstić information content (AvgIpc) is 3.01. The molecule has 42 heavy (non-hydrogen) atoms. The topological polar surface area (TPSA) is 139 Å². The van der Waals surface area contributed by atoms with Crippen molar-refractivity contribution < 1.29 is 13.9 Å². The number of pyridine rings is 1. The fraction of sp³-hybridized carbons (Fsp3) is 0.290. The van der Waals surface area contributed by atoms with Crippen molar-refractivity contribution in [2.45, 2.75) is 25.4 Å². The van der Waals surface area contributed by atoms with Crippen molar-refractivity contribution in [2.24, 2.45) is 5.92 Å². The molecule has 0 atom stereocenters. The lowest BCUT2D eigenvalue weighted by atomic mass is 9.83. The third-order valence-electron chi connectivity index (χ3n) is 7.82. The Morgan fingerprint density at radius 2 is 1.86 bits per heavy atom. The van der Waals surface area contributed by atoms with Gasteiger partial charge in [0.2, 0.25) is 0 Å². The molecule has 2 fully saturated rings. The van der Waals surface area contributed by atoms with Crippen molar-refractivity contribution in [3.8, 4) is 17.9 Å². The molecule has 210 valence electrons. The van der Waals surface area contributed by atoms with Gasteiger partial charge < -0.3 is 14.5 Å². The second-order valence-corrected chi connectivity index (χ2v) is 10.5. The van der Waals surface area contributed by atoms with Crippen LogP contribution in [0.25, 0.3) is 10.8 Å². The van der Waals surface area contributed by atoms with Crippen molar-refractivity contribution in [2.75, 3.05) is 31.1 Å². The largest absolute Gasteiger partial charge is 0.490 e. The number of rotatable bonds is 6. The lowest BCUT2D eigenvalue weighted by Crippen LogP contribution is -2.49. The Labute approximate surface area is 240 Å². The maximum absolute atomic E-state index is 14.9. The molecule has 0 radical (unpaired) electrons. The Bertz CT molecular complexity index is 1800. The van der Waals surface area contributed by atoms with E-state index < -0.39 is 11.7 Å². The van der Waals surface area contributed by atoms with Crippen LogP contribution in [-0.2, 0) is 6.42 Å². The van der Waals surface area contributed by atoms with Crippen LogP contribution in [0.5, 0.6) is 5.75 Å². The third-order valence-corrected chi connectivity index (χ3v) is 7.82. The molecule has 2 aromatic carbocycles. The van der Waals surface area contributed by atoms with Crippen LogP contribution in [0.1, 0.15) is 40.0 Å². The third kappa shape index (κ3) is 5.37. The minimum absolute atomic E-state index is 0.00865. The number of aromatic amines is 1. The second-order valence-electron chi connectivity index (χ2n) is 10.5. The van der Waals surface area contributed by atoms with Crippen LogP contribution < -0.4 is 15.2 Å². The van der Waals surface area contributed by atoms with E-state index in [1.165, 1.54) is 12.3 Å². The van der Waals surface area contributed by atoms with Gasteiger partial charge in [-0.3, -0.25) is 9.59 Å². The first-order chi connectivity index (χ1) is 20.4.